The Morgan fingerprint density at radius 3 is 2.45 bits per heavy atom. The molecule has 0 unspecified atom stereocenters. The minimum absolute atomic E-state index is 0.0750. The SMILES string of the molecule is CCCCC1=NC2(CCN(C(=O)C(C)(F)F)CC2)C(=O)N1C. The van der Waals surface area contributed by atoms with Gasteiger partial charge in [0.2, 0.25) is 0 Å². The van der Waals surface area contributed by atoms with Crippen molar-refractivity contribution in [3.8, 4) is 0 Å². The molecule has 2 aliphatic rings. The summed E-state index contributed by atoms with van der Waals surface area (Å²) in [6.45, 7) is 2.97. The molecule has 2 aliphatic heterocycles. The Morgan fingerprint density at radius 1 is 1.36 bits per heavy atom. The maximum Gasteiger partial charge on any atom is 0.322 e. The molecule has 0 aromatic rings. The van der Waals surface area contributed by atoms with Crippen molar-refractivity contribution in [3.05, 3.63) is 0 Å². The van der Waals surface area contributed by atoms with Crippen LogP contribution in [-0.2, 0) is 9.59 Å². The van der Waals surface area contributed by atoms with E-state index in [9.17, 15) is 18.4 Å². The number of rotatable bonds is 4. The number of alkyl halides is 2. The van der Waals surface area contributed by atoms with Crippen molar-refractivity contribution in [2.24, 2.45) is 4.99 Å². The van der Waals surface area contributed by atoms with E-state index in [0.717, 1.165) is 30.0 Å². The molecule has 2 amide bonds. The lowest BCUT2D eigenvalue weighted by Crippen LogP contribution is -2.53. The van der Waals surface area contributed by atoms with Gasteiger partial charge >= 0.3 is 5.92 Å². The first kappa shape index (κ1) is 16.8. The lowest BCUT2D eigenvalue weighted by Gasteiger charge is -2.36. The topological polar surface area (TPSA) is 53.0 Å². The van der Waals surface area contributed by atoms with Gasteiger partial charge in [-0.2, -0.15) is 8.78 Å². The largest absolute Gasteiger partial charge is 0.337 e. The third-order valence-electron chi connectivity index (χ3n) is 4.44. The zero-order chi connectivity index (χ0) is 16.5. The molecule has 0 bridgehead atoms. The number of amides is 2. The van der Waals surface area contributed by atoms with Crippen LogP contribution in [0.4, 0.5) is 8.78 Å². The van der Waals surface area contributed by atoms with Crippen LogP contribution in [-0.4, -0.2) is 59.0 Å². The van der Waals surface area contributed by atoms with E-state index < -0.39 is 17.4 Å². The number of amidine groups is 1. The standard InChI is InChI=1S/C15H23F2N3O2/c1-4-5-6-11-18-15(13(22)19(11)3)7-9-20(10-8-15)12(21)14(2,16)17/h4-10H2,1-3H3. The van der Waals surface area contributed by atoms with Gasteiger partial charge in [0.05, 0.1) is 0 Å². The molecule has 1 saturated heterocycles. The van der Waals surface area contributed by atoms with E-state index in [1.54, 1.807) is 11.9 Å². The van der Waals surface area contributed by atoms with Crippen LogP contribution in [0.25, 0.3) is 0 Å². The van der Waals surface area contributed by atoms with Gasteiger partial charge in [-0.25, -0.2) is 0 Å². The van der Waals surface area contributed by atoms with Crippen LogP contribution >= 0.6 is 0 Å². The first-order valence-corrected chi connectivity index (χ1v) is 7.75. The van der Waals surface area contributed by atoms with E-state index >= 15 is 0 Å². The number of piperidine rings is 1. The van der Waals surface area contributed by atoms with Crippen LogP contribution in [0.3, 0.4) is 0 Å². The highest BCUT2D eigenvalue weighted by Crippen LogP contribution is 2.34. The molecule has 1 fully saturated rings. The Labute approximate surface area is 129 Å². The highest BCUT2D eigenvalue weighted by molar-refractivity contribution is 6.08. The van der Waals surface area contributed by atoms with Crippen molar-refractivity contribution in [2.45, 2.75) is 57.4 Å². The number of hydrogen-bond acceptors (Lipinski definition) is 3. The van der Waals surface area contributed by atoms with Gasteiger partial charge < -0.3 is 9.80 Å². The van der Waals surface area contributed by atoms with E-state index in [-0.39, 0.29) is 19.0 Å². The Kier molecular flexibility index (Phi) is 4.54. The molecule has 0 saturated carbocycles. The fourth-order valence-electron chi connectivity index (χ4n) is 3.04. The van der Waals surface area contributed by atoms with Crippen molar-refractivity contribution in [1.82, 2.24) is 9.80 Å². The van der Waals surface area contributed by atoms with Gasteiger partial charge in [0.1, 0.15) is 11.4 Å². The Bertz CT molecular complexity index is 492. The van der Waals surface area contributed by atoms with Gasteiger partial charge in [0.15, 0.2) is 0 Å². The Hall–Kier alpha value is -1.53. The molecule has 0 N–H and O–H groups in total. The maximum absolute atomic E-state index is 13.1. The number of nitrogens with zero attached hydrogens (tertiary/aromatic N) is 3. The van der Waals surface area contributed by atoms with Crippen LogP contribution in [0.1, 0.15) is 46.0 Å². The van der Waals surface area contributed by atoms with Gasteiger partial charge in [-0.15, -0.1) is 0 Å². The third-order valence-corrected chi connectivity index (χ3v) is 4.44. The number of carbonyl (C=O) groups excluding carboxylic acids is 2. The van der Waals surface area contributed by atoms with Crippen molar-refractivity contribution >= 4 is 17.6 Å². The molecule has 2 rings (SSSR count). The number of unbranched alkanes of at least 4 members (excludes halogenated alkanes) is 1. The molecule has 0 aliphatic carbocycles. The summed E-state index contributed by atoms with van der Waals surface area (Å²) in [6, 6.07) is 0. The van der Waals surface area contributed by atoms with Crippen molar-refractivity contribution in [3.63, 3.8) is 0 Å². The van der Waals surface area contributed by atoms with Gasteiger partial charge in [-0.05, 0) is 19.3 Å². The van der Waals surface area contributed by atoms with Gasteiger partial charge in [-0.1, -0.05) is 13.3 Å². The lowest BCUT2D eigenvalue weighted by atomic mass is 9.87. The minimum atomic E-state index is -3.36. The predicted molar refractivity (Wildman–Crippen MR) is 78.9 cm³/mol. The average Bonchev–Trinajstić information content (AvgIpc) is 2.70. The summed E-state index contributed by atoms with van der Waals surface area (Å²) in [5, 5.41) is 0. The smallest absolute Gasteiger partial charge is 0.322 e. The zero-order valence-corrected chi connectivity index (χ0v) is 13.4. The predicted octanol–water partition coefficient (Wildman–Crippen LogP) is 2.06. The monoisotopic (exact) mass is 315 g/mol. The molecule has 0 aromatic carbocycles. The molecular weight excluding hydrogens is 292 g/mol. The second-order valence-corrected chi connectivity index (χ2v) is 6.21. The molecule has 0 atom stereocenters. The van der Waals surface area contributed by atoms with Crippen molar-refractivity contribution in [1.29, 1.82) is 0 Å². The van der Waals surface area contributed by atoms with Crippen molar-refractivity contribution < 1.29 is 18.4 Å². The van der Waals surface area contributed by atoms with E-state index in [1.165, 1.54) is 0 Å². The Morgan fingerprint density at radius 2 is 1.95 bits per heavy atom. The second kappa shape index (κ2) is 5.93. The van der Waals surface area contributed by atoms with Crippen LogP contribution in [0.15, 0.2) is 4.99 Å². The van der Waals surface area contributed by atoms with Crippen LogP contribution in [0.2, 0.25) is 0 Å². The molecule has 124 valence electrons. The number of aliphatic imine (C=N–C) groups is 1. The van der Waals surface area contributed by atoms with Gasteiger partial charge in [0.25, 0.3) is 11.8 Å². The summed E-state index contributed by atoms with van der Waals surface area (Å²) >= 11 is 0. The summed E-state index contributed by atoms with van der Waals surface area (Å²) in [5.74, 6) is -3.84. The highest BCUT2D eigenvalue weighted by atomic mass is 19.3. The summed E-state index contributed by atoms with van der Waals surface area (Å²) in [4.78, 5) is 31.4. The lowest BCUT2D eigenvalue weighted by molar-refractivity contribution is -0.157. The van der Waals surface area contributed by atoms with E-state index in [1.807, 2.05) is 0 Å². The first-order valence-electron chi connectivity index (χ1n) is 7.75. The summed E-state index contributed by atoms with van der Waals surface area (Å²) in [5.41, 5.74) is -0.850. The molecule has 22 heavy (non-hydrogen) atoms. The quantitative estimate of drug-likeness (QED) is 0.797. The number of halogens is 2. The molecular formula is C15H23F2N3O2. The van der Waals surface area contributed by atoms with Crippen molar-refractivity contribution in [2.75, 3.05) is 20.1 Å². The van der Waals surface area contributed by atoms with Gasteiger partial charge in [0, 0.05) is 33.5 Å². The summed E-state index contributed by atoms with van der Waals surface area (Å²) < 4.78 is 26.2. The molecule has 7 heteroatoms. The average molecular weight is 315 g/mol. The number of likely N-dealkylation sites (N-methyl/N-ethyl adjacent to an activating group) is 1. The normalized spacial score (nSPS) is 21.5. The van der Waals surface area contributed by atoms with Gasteiger partial charge in [-0.3, -0.25) is 14.6 Å². The number of hydrogen-bond donors (Lipinski definition) is 0. The molecule has 5 nitrogen and oxygen atoms in total. The van der Waals surface area contributed by atoms with E-state index in [4.69, 9.17) is 0 Å². The number of likely N-dealkylation sites (tertiary alicyclic amines) is 1. The molecule has 0 aromatic heterocycles. The van der Waals surface area contributed by atoms with Crippen LogP contribution in [0.5, 0.6) is 0 Å². The minimum Gasteiger partial charge on any atom is -0.337 e. The Balaban J connectivity index is 2.07. The first-order chi connectivity index (χ1) is 10.2. The van der Waals surface area contributed by atoms with Crippen LogP contribution in [0, 0.1) is 0 Å². The fraction of sp³-hybridized carbons (Fsp3) is 0.800. The van der Waals surface area contributed by atoms with Crippen LogP contribution < -0.4 is 0 Å². The van der Waals surface area contributed by atoms with E-state index in [0.29, 0.717) is 19.8 Å². The zero-order valence-electron chi connectivity index (χ0n) is 13.4. The molecule has 2 heterocycles. The number of carbonyl (C=O) groups is 2. The molecule has 1 spiro atoms. The maximum atomic E-state index is 13.1. The fourth-order valence-corrected chi connectivity index (χ4v) is 3.04. The third kappa shape index (κ3) is 2.98. The molecule has 0 radical (unpaired) electrons. The summed E-state index contributed by atoms with van der Waals surface area (Å²) in [7, 11) is 1.71. The summed E-state index contributed by atoms with van der Waals surface area (Å²) in [6.07, 6.45) is 3.35. The highest BCUT2D eigenvalue weighted by Gasteiger charge is 2.50. The second-order valence-electron chi connectivity index (χ2n) is 6.21. The van der Waals surface area contributed by atoms with E-state index in [2.05, 4.69) is 11.9 Å².